The number of aromatic nitrogens is 2. The van der Waals surface area contributed by atoms with Crippen molar-refractivity contribution in [2.75, 3.05) is 11.5 Å². The van der Waals surface area contributed by atoms with Crippen LogP contribution < -0.4 is 11.5 Å². The van der Waals surface area contributed by atoms with Crippen LogP contribution in [0.2, 0.25) is 5.02 Å². The van der Waals surface area contributed by atoms with Crippen LogP contribution in [-0.2, 0) is 0 Å². The average molecular weight is 211 g/mol. The van der Waals surface area contributed by atoms with Crippen molar-refractivity contribution in [2.24, 2.45) is 0 Å². The van der Waals surface area contributed by atoms with Crippen molar-refractivity contribution in [3.8, 4) is 11.5 Å². The van der Waals surface area contributed by atoms with Crippen LogP contribution in [0, 0.1) is 0 Å². The minimum Gasteiger partial charge on any atom is -0.398 e. The van der Waals surface area contributed by atoms with Gasteiger partial charge in [-0.2, -0.15) is 4.98 Å². The normalized spacial score (nSPS) is 10.4. The molecule has 72 valence electrons. The number of nitrogens with two attached hydrogens (primary N) is 2. The van der Waals surface area contributed by atoms with E-state index < -0.39 is 0 Å². The Morgan fingerprint density at radius 3 is 2.64 bits per heavy atom. The van der Waals surface area contributed by atoms with Crippen molar-refractivity contribution >= 4 is 23.2 Å². The Hall–Kier alpha value is -1.75. The number of benzene rings is 1. The van der Waals surface area contributed by atoms with E-state index in [2.05, 4.69) is 10.1 Å². The van der Waals surface area contributed by atoms with Gasteiger partial charge in [0.05, 0.1) is 10.7 Å². The molecule has 1 aromatic carbocycles. The van der Waals surface area contributed by atoms with Crippen LogP contribution in [0.4, 0.5) is 11.6 Å². The molecule has 0 unspecified atom stereocenters. The maximum atomic E-state index is 5.82. The van der Waals surface area contributed by atoms with Gasteiger partial charge in [0.25, 0.3) is 11.8 Å². The number of nitrogens with zero attached hydrogens (tertiary/aromatic N) is 2. The quantitative estimate of drug-likeness (QED) is 0.697. The van der Waals surface area contributed by atoms with Crippen LogP contribution in [0.1, 0.15) is 0 Å². The topological polar surface area (TPSA) is 91.0 Å². The van der Waals surface area contributed by atoms with Gasteiger partial charge in [-0.1, -0.05) is 11.6 Å². The molecule has 0 fully saturated rings. The Labute approximate surface area is 84.7 Å². The fraction of sp³-hybridized carbons (Fsp3) is 0. The Kier molecular flexibility index (Phi) is 2.01. The van der Waals surface area contributed by atoms with Crippen molar-refractivity contribution in [1.82, 2.24) is 10.1 Å². The van der Waals surface area contributed by atoms with Gasteiger partial charge in [0, 0.05) is 5.56 Å². The third-order valence-corrected chi connectivity index (χ3v) is 2.02. The number of hydrogen-bond acceptors (Lipinski definition) is 5. The third-order valence-electron chi connectivity index (χ3n) is 1.69. The van der Waals surface area contributed by atoms with E-state index >= 15 is 0 Å². The van der Waals surface area contributed by atoms with E-state index in [1.807, 2.05) is 0 Å². The van der Waals surface area contributed by atoms with Crippen molar-refractivity contribution in [3.05, 3.63) is 23.2 Å². The highest BCUT2D eigenvalue weighted by Gasteiger charge is 2.07. The zero-order valence-electron chi connectivity index (χ0n) is 7.07. The molecular formula is C8H7ClN4O. The monoisotopic (exact) mass is 210 g/mol. The summed E-state index contributed by atoms with van der Waals surface area (Å²) < 4.78 is 4.86. The van der Waals surface area contributed by atoms with Crippen molar-refractivity contribution in [1.29, 1.82) is 0 Å². The van der Waals surface area contributed by atoms with Crippen molar-refractivity contribution < 1.29 is 4.52 Å². The van der Waals surface area contributed by atoms with Crippen molar-refractivity contribution in [2.45, 2.75) is 0 Å². The second-order valence-electron chi connectivity index (χ2n) is 2.69. The Morgan fingerprint density at radius 2 is 2.07 bits per heavy atom. The van der Waals surface area contributed by atoms with Crippen LogP contribution in [0.15, 0.2) is 22.7 Å². The van der Waals surface area contributed by atoms with Gasteiger partial charge < -0.3 is 16.0 Å². The molecule has 0 atom stereocenters. The number of halogens is 1. The summed E-state index contributed by atoms with van der Waals surface area (Å²) in [5.74, 6) is 0.414. The SMILES string of the molecule is Nc1noc(-c2ccc(N)c(Cl)c2)n1. The lowest BCUT2D eigenvalue weighted by Crippen LogP contribution is -1.87. The summed E-state index contributed by atoms with van der Waals surface area (Å²) in [5, 5.41) is 3.91. The van der Waals surface area contributed by atoms with E-state index in [0.29, 0.717) is 22.2 Å². The zero-order valence-corrected chi connectivity index (χ0v) is 7.82. The molecule has 2 rings (SSSR count). The molecule has 4 N–H and O–H groups in total. The molecule has 0 bridgehead atoms. The third kappa shape index (κ3) is 1.49. The highest BCUT2D eigenvalue weighted by molar-refractivity contribution is 6.33. The fourth-order valence-electron chi connectivity index (χ4n) is 1.01. The summed E-state index contributed by atoms with van der Waals surface area (Å²) in [6.45, 7) is 0. The first-order valence-electron chi connectivity index (χ1n) is 3.81. The van der Waals surface area contributed by atoms with E-state index in [-0.39, 0.29) is 5.95 Å². The van der Waals surface area contributed by atoms with Gasteiger partial charge in [-0.25, -0.2) is 0 Å². The lowest BCUT2D eigenvalue weighted by atomic mass is 10.2. The zero-order chi connectivity index (χ0) is 10.1. The number of nitrogen functional groups attached to an aromatic ring is 2. The maximum Gasteiger partial charge on any atom is 0.261 e. The van der Waals surface area contributed by atoms with Gasteiger partial charge in [0.2, 0.25) is 0 Å². The Morgan fingerprint density at radius 1 is 1.29 bits per heavy atom. The molecule has 1 heterocycles. The highest BCUT2D eigenvalue weighted by atomic mass is 35.5. The van der Waals surface area contributed by atoms with Crippen LogP contribution >= 0.6 is 11.6 Å². The van der Waals surface area contributed by atoms with Crippen molar-refractivity contribution in [3.63, 3.8) is 0 Å². The Balaban J connectivity index is 2.47. The number of anilines is 2. The predicted molar refractivity (Wildman–Crippen MR) is 53.6 cm³/mol. The largest absolute Gasteiger partial charge is 0.398 e. The van der Waals surface area contributed by atoms with E-state index in [4.69, 9.17) is 27.6 Å². The molecule has 0 saturated carbocycles. The number of rotatable bonds is 1. The van der Waals surface area contributed by atoms with E-state index in [1.165, 1.54) is 0 Å². The van der Waals surface area contributed by atoms with Gasteiger partial charge in [0.1, 0.15) is 0 Å². The molecule has 0 aliphatic carbocycles. The summed E-state index contributed by atoms with van der Waals surface area (Å²) in [4.78, 5) is 3.85. The lowest BCUT2D eigenvalue weighted by molar-refractivity contribution is 0.433. The lowest BCUT2D eigenvalue weighted by Gasteiger charge is -1.98. The van der Waals surface area contributed by atoms with Crippen LogP contribution in [0.5, 0.6) is 0 Å². The molecule has 14 heavy (non-hydrogen) atoms. The molecule has 6 heteroatoms. The van der Waals surface area contributed by atoms with Crippen LogP contribution in [-0.4, -0.2) is 10.1 Å². The summed E-state index contributed by atoms with van der Waals surface area (Å²) in [6, 6.07) is 5.04. The Bertz CT molecular complexity index is 468. The summed E-state index contributed by atoms with van der Waals surface area (Å²) in [7, 11) is 0. The summed E-state index contributed by atoms with van der Waals surface area (Å²) in [6.07, 6.45) is 0. The molecule has 2 aromatic rings. The molecule has 1 aromatic heterocycles. The second-order valence-corrected chi connectivity index (χ2v) is 3.10. The standard InChI is InChI=1S/C8H7ClN4O/c9-5-3-4(1-2-6(5)10)7-12-8(11)13-14-7/h1-3H,10H2,(H2,11,13). The molecule has 0 amide bonds. The molecular weight excluding hydrogens is 204 g/mol. The maximum absolute atomic E-state index is 5.82. The molecule has 0 radical (unpaired) electrons. The molecule has 0 spiro atoms. The summed E-state index contributed by atoms with van der Waals surface area (Å²) in [5.41, 5.74) is 12.0. The fourth-order valence-corrected chi connectivity index (χ4v) is 1.19. The molecule has 0 aliphatic rings. The van der Waals surface area contributed by atoms with Crippen LogP contribution in [0.25, 0.3) is 11.5 Å². The molecule has 0 aliphatic heterocycles. The first kappa shape index (κ1) is 8.83. The second kappa shape index (κ2) is 3.19. The highest BCUT2D eigenvalue weighted by Crippen LogP contribution is 2.25. The minimum atomic E-state index is 0.0907. The van der Waals surface area contributed by atoms with Gasteiger partial charge in [-0.15, -0.1) is 0 Å². The molecule has 0 saturated heterocycles. The predicted octanol–water partition coefficient (Wildman–Crippen LogP) is 1.55. The smallest absolute Gasteiger partial charge is 0.261 e. The average Bonchev–Trinajstić information content (AvgIpc) is 2.57. The first-order valence-corrected chi connectivity index (χ1v) is 4.19. The summed E-state index contributed by atoms with van der Waals surface area (Å²) >= 11 is 5.82. The van der Waals surface area contributed by atoms with E-state index in [0.717, 1.165) is 0 Å². The van der Waals surface area contributed by atoms with Crippen LogP contribution in [0.3, 0.4) is 0 Å². The number of hydrogen-bond donors (Lipinski definition) is 2. The van der Waals surface area contributed by atoms with Gasteiger partial charge in [-0.3, -0.25) is 0 Å². The van der Waals surface area contributed by atoms with E-state index in [1.54, 1.807) is 18.2 Å². The van der Waals surface area contributed by atoms with Gasteiger partial charge in [-0.05, 0) is 23.4 Å². The van der Waals surface area contributed by atoms with Gasteiger partial charge >= 0.3 is 0 Å². The minimum absolute atomic E-state index is 0.0907. The first-order chi connectivity index (χ1) is 6.66. The van der Waals surface area contributed by atoms with Gasteiger partial charge in [0.15, 0.2) is 0 Å². The van der Waals surface area contributed by atoms with E-state index in [9.17, 15) is 0 Å². The molecule has 5 nitrogen and oxygen atoms in total.